The van der Waals surface area contributed by atoms with Crippen LogP contribution in [0.5, 0.6) is 0 Å². The molecule has 0 aliphatic carbocycles. The van der Waals surface area contributed by atoms with E-state index in [2.05, 4.69) is 31.6 Å². The average Bonchev–Trinajstić information content (AvgIpc) is 2.62. The van der Waals surface area contributed by atoms with Crippen molar-refractivity contribution in [2.75, 3.05) is 13.1 Å². The Hall–Kier alpha value is -1.21. The van der Waals surface area contributed by atoms with Crippen molar-refractivity contribution < 1.29 is 8.42 Å². The molecule has 2 aromatic rings. The van der Waals surface area contributed by atoms with E-state index in [0.717, 1.165) is 29.7 Å². The van der Waals surface area contributed by atoms with Gasteiger partial charge in [0.15, 0.2) is 0 Å². The number of sulfonamides is 1. The molecule has 0 unspecified atom stereocenters. The van der Waals surface area contributed by atoms with Gasteiger partial charge < -0.3 is 0 Å². The minimum Gasteiger partial charge on any atom is -0.299 e. The highest BCUT2D eigenvalue weighted by Gasteiger charge is 2.16. The van der Waals surface area contributed by atoms with Crippen molar-refractivity contribution in [2.45, 2.75) is 37.2 Å². The van der Waals surface area contributed by atoms with Gasteiger partial charge in [-0.3, -0.25) is 4.90 Å². The molecule has 1 heterocycles. The lowest BCUT2D eigenvalue weighted by Gasteiger charge is -2.27. The molecule has 134 valence electrons. The second-order valence-corrected chi connectivity index (χ2v) is 9.07. The van der Waals surface area contributed by atoms with Crippen molar-refractivity contribution in [3.63, 3.8) is 0 Å². The maximum Gasteiger partial charge on any atom is 0.240 e. The van der Waals surface area contributed by atoms with Gasteiger partial charge in [0.2, 0.25) is 10.0 Å². The molecular weight excluding hydrogens is 400 g/mol. The van der Waals surface area contributed by atoms with E-state index in [9.17, 15) is 8.42 Å². The summed E-state index contributed by atoms with van der Waals surface area (Å²) in [7, 11) is -3.52. The fourth-order valence-corrected chi connectivity index (χ4v) is 4.74. The first-order chi connectivity index (χ1) is 12.0. The van der Waals surface area contributed by atoms with Crippen LogP contribution in [-0.2, 0) is 23.1 Å². The maximum absolute atomic E-state index is 12.5. The smallest absolute Gasteiger partial charge is 0.240 e. The molecular formula is C19H23BrN2O2S. The fourth-order valence-electron chi connectivity index (χ4n) is 3.13. The van der Waals surface area contributed by atoms with Crippen molar-refractivity contribution in [1.29, 1.82) is 0 Å². The third kappa shape index (κ3) is 5.14. The van der Waals surface area contributed by atoms with Crippen LogP contribution in [0.3, 0.4) is 0 Å². The summed E-state index contributed by atoms with van der Waals surface area (Å²) in [6.45, 7) is 3.43. The summed E-state index contributed by atoms with van der Waals surface area (Å²) in [5.74, 6) is 0. The zero-order valence-corrected chi connectivity index (χ0v) is 16.5. The minimum absolute atomic E-state index is 0.274. The quantitative estimate of drug-likeness (QED) is 0.767. The van der Waals surface area contributed by atoms with Gasteiger partial charge in [0.1, 0.15) is 0 Å². The van der Waals surface area contributed by atoms with Crippen LogP contribution in [0, 0.1) is 0 Å². The van der Waals surface area contributed by atoms with E-state index >= 15 is 0 Å². The predicted molar refractivity (Wildman–Crippen MR) is 104 cm³/mol. The fraction of sp³-hybridized carbons (Fsp3) is 0.368. The van der Waals surface area contributed by atoms with E-state index in [1.165, 1.54) is 24.8 Å². The second-order valence-electron chi connectivity index (χ2n) is 6.39. The number of benzene rings is 2. The van der Waals surface area contributed by atoms with Gasteiger partial charge in [-0.05, 0) is 55.3 Å². The highest BCUT2D eigenvalue weighted by atomic mass is 79.9. The monoisotopic (exact) mass is 422 g/mol. The summed E-state index contributed by atoms with van der Waals surface area (Å²) in [4.78, 5) is 2.72. The van der Waals surface area contributed by atoms with E-state index in [0.29, 0.717) is 6.54 Å². The van der Waals surface area contributed by atoms with Crippen molar-refractivity contribution in [2.24, 2.45) is 0 Å². The van der Waals surface area contributed by atoms with Crippen LogP contribution in [0.15, 0.2) is 57.9 Å². The van der Waals surface area contributed by atoms with Crippen molar-refractivity contribution in [3.8, 4) is 0 Å². The van der Waals surface area contributed by atoms with E-state index < -0.39 is 10.0 Å². The van der Waals surface area contributed by atoms with Crippen LogP contribution in [0.25, 0.3) is 0 Å². The van der Waals surface area contributed by atoms with Crippen LogP contribution >= 0.6 is 15.9 Å². The Morgan fingerprint density at radius 3 is 2.40 bits per heavy atom. The third-order valence-corrected chi connectivity index (χ3v) is 6.41. The Balaban J connectivity index is 1.70. The summed E-state index contributed by atoms with van der Waals surface area (Å²) in [5, 5.41) is 0. The molecule has 1 fully saturated rings. The topological polar surface area (TPSA) is 49.4 Å². The largest absolute Gasteiger partial charge is 0.299 e. The van der Waals surface area contributed by atoms with E-state index in [4.69, 9.17) is 0 Å². The van der Waals surface area contributed by atoms with Gasteiger partial charge in [0, 0.05) is 17.6 Å². The van der Waals surface area contributed by atoms with Gasteiger partial charge in [0.25, 0.3) is 0 Å². The molecule has 6 heteroatoms. The molecule has 0 atom stereocenters. The number of hydrogen-bond acceptors (Lipinski definition) is 3. The molecule has 25 heavy (non-hydrogen) atoms. The van der Waals surface area contributed by atoms with Crippen molar-refractivity contribution >= 4 is 26.0 Å². The number of piperidine rings is 1. The Bertz CT molecular complexity index is 818. The van der Waals surface area contributed by atoms with Crippen LogP contribution in [-0.4, -0.2) is 26.4 Å². The highest BCUT2D eigenvalue weighted by molar-refractivity contribution is 9.10. The van der Waals surface area contributed by atoms with Crippen LogP contribution in [0.2, 0.25) is 0 Å². The molecule has 0 amide bonds. The number of hydrogen-bond donors (Lipinski definition) is 1. The summed E-state index contributed by atoms with van der Waals surface area (Å²) < 4.78 is 28.5. The van der Waals surface area contributed by atoms with Crippen LogP contribution in [0.4, 0.5) is 0 Å². The number of nitrogens with one attached hydrogen (secondary N) is 1. The first-order valence-corrected chi connectivity index (χ1v) is 10.9. The van der Waals surface area contributed by atoms with Crippen molar-refractivity contribution in [3.05, 3.63) is 64.1 Å². The second kappa shape index (κ2) is 8.45. The summed E-state index contributed by atoms with van der Waals surface area (Å²) in [5.41, 5.74) is 2.23. The van der Waals surface area contributed by atoms with Crippen molar-refractivity contribution in [1.82, 2.24) is 9.62 Å². The number of halogens is 1. The van der Waals surface area contributed by atoms with Gasteiger partial charge >= 0.3 is 0 Å². The molecule has 0 bridgehead atoms. The number of likely N-dealkylation sites (tertiary alicyclic amines) is 1. The molecule has 1 N–H and O–H groups in total. The normalized spacial score (nSPS) is 16.0. The SMILES string of the molecule is O=S(=O)(NCc1ccccc1CN1CCCCC1)c1cccc(Br)c1. The highest BCUT2D eigenvalue weighted by Crippen LogP contribution is 2.18. The number of nitrogens with zero attached hydrogens (tertiary/aromatic N) is 1. The molecule has 4 nitrogen and oxygen atoms in total. The number of rotatable bonds is 6. The molecule has 1 aliphatic rings. The summed E-state index contributed by atoms with van der Waals surface area (Å²) >= 11 is 3.32. The van der Waals surface area contributed by atoms with Crippen LogP contribution in [0.1, 0.15) is 30.4 Å². The van der Waals surface area contributed by atoms with Gasteiger partial charge in [-0.1, -0.05) is 52.7 Å². The lowest BCUT2D eigenvalue weighted by atomic mass is 10.1. The predicted octanol–water partition coefficient (Wildman–Crippen LogP) is 3.91. The standard InChI is InChI=1S/C19H23BrN2O2S/c20-18-9-6-10-19(13-18)25(23,24)21-14-16-7-2-3-8-17(16)15-22-11-4-1-5-12-22/h2-3,6-10,13,21H,1,4-5,11-12,14-15H2. The zero-order valence-electron chi connectivity index (χ0n) is 14.1. The van der Waals surface area contributed by atoms with E-state index in [1.54, 1.807) is 18.2 Å². The molecule has 1 saturated heterocycles. The molecule has 0 radical (unpaired) electrons. The van der Waals surface area contributed by atoms with Gasteiger partial charge in [-0.25, -0.2) is 13.1 Å². The van der Waals surface area contributed by atoms with E-state index in [1.807, 2.05) is 24.3 Å². The zero-order chi connectivity index (χ0) is 17.7. The van der Waals surface area contributed by atoms with Gasteiger partial charge in [0.05, 0.1) is 4.90 Å². The minimum atomic E-state index is -3.52. The molecule has 0 spiro atoms. The molecule has 0 saturated carbocycles. The average molecular weight is 423 g/mol. The molecule has 2 aromatic carbocycles. The first kappa shape index (κ1) is 18.6. The first-order valence-electron chi connectivity index (χ1n) is 8.59. The third-order valence-electron chi connectivity index (χ3n) is 4.52. The molecule has 0 aromatic heterocycles. The Morgan fingerprint density at radius 2 is 1.68 bits per heavy atom. The van der Waals surface area contributed by atoms with Gasteiger partial charge in [-0.15, -0.1) is 0 Å². The summed E-state index contributed by atoms with van der Waals surface area (Å²) in [6, 6.07) is 14.8. The lowest BCUT2D eigenvalue weighted by molar-refractivity contribution is 0.220. The Kier molecular flexibility index (Phi) is 6.28. The van der Waals surface area contributed by atoms with Gasteiger partial charge in [-0.2, -0.15) is 0 Å². The molecule has 3 rings (SSSR count). The summed E-state index contributed by atoms with van der Waals surface area (Å²) in [6.07, 6.45) is 3.81. The lowest BCUT2D eigenvalue weighted by Crippen LogP contribution is -2.30. The Labute approximate surface area is 158 Å². The Morgan fingerprint density at radius 1 is 0.960 bits per heavy atom. The van der Waals surface area contributed by atoms with Crippen LogP contribution < -0.4 is 4.72 Å². The van der Waals surface area contributed by atoms with E-state index in [-0.39, 0.29) is 4.90 Å². The molecule has 1 aliphatic heterocycles. The maximum atomic E-state index is 12.5.